The van der Waals surface area contributed by atoms with E-state index in [1.54, 1.807) is 36.1 Å². The number of hydrogen-bond donors (Lipinski definition) is 1. The first kappa shape index (κ1) is 14.7. The van der Waals surface area contributed by atoms with E-state index in [0.29, 0.717) is 21.6 Å². The van der Waals surface area contributed by atoms with E-state index >= 15 is 0 Å². The zero-order valence-electron chi connectivity index (χ0n) is 12.1. The van der Waals surface area contributed by atoms with E-state index in [9.17, 15) is 9.18 Å². The lowest BCUT2D eigenvalue weighted by atomic mass is 10.1. The minimum Gasteiger partial charge on any atom is -0.380 e. The van der Waals surface area contributed by atoms with Gasteiger partial charge in [0.25, 0.3) is 5.91 Å². The number of nitrogens with zero attached hydrogens (tertiary/aromatic N) is 2. The summed E-state index contributed by atoms with van der Waals surface area (Å²) in [5.74, 6) is -0.210. The normalized spacial score (nSPS) is 11.0. The molecule has 2 aromatic heterocycles. The van der Waals surface area contributed by atoms with Gasteiger partial charge >= 0.3 is 0 Å². The minimum atomic E-state index is -0.349. The standard InChI is InChI=1S/C15H14FN3O2S/c1-19-7-6-12(18-19)17-15(20)14-9(8-21-2)13-10(16)4-3-5-11(13)22-14/h3-7H,8H2,1-2H3,(H,17,18,20). The number of ether oxygens (including phenoxy) is 1. The van der Waals surface area contributed by atoms with E-state index in [1.807, 2.05) is 0 Å². The van der Waals surface area contributed by atoms with E-state index in [-0.39, 0.29) is 18.3 Å². The van der Waals surface area contributed by atoms with Crippen molar-refractivity contribution in [3.05, 3.63) is 46.7 Å². The monoisotopic (exact) mass is 319 g/mol. The number of halogens is 1. The van der Waals surface area contributed by atoms with Crippen molar-refractivity contribution in [2.45, 2.75) is 6.61 Å². The van der Waals surface area contributed by atoms with Crippen LogP contribution < -0.4 is 5.32 Å². The van der Waals surface area contributed by atoms with Crippen molar-refractivity contribution < 1.29 is 13.9 Å². The summed E-state index contributed by atoms with van der Waals surface area (Å²) < 4.78 is 21.5. The Bertz CT molecular complexity index is 841. The lowest BCUT2D eigenvalue weighted by Crippen LogP contribution is -2.13. The van der Waals surface area contributed by atoms with Gasteiger partial charge in [0.2, 0.25) is 0 Å². The van der Waals surface area contributed by atoms with Crippen LogP contribution in [-0.4, -0.2) is 22.8 Å². The van der Waals surface area contributed by atoms with Crippen molar-refractivity contribution in [2.24, 2.45) is 7.05 Å². The van der Waals surface area contributed by atoms with E-state index in [4.69, 9.17) is 4.74 Å². The van der Waals surface area contributed by atoms with Crippen LogP contribution in [0.15, 0.2) is 30.5 Å². The molecule has 5 nitrogen and oxygen atoms in total. The molecule has 22 heavy (non-hydrogen) atoms. The largest absolute Gasteiger partial charge is 0.380 e. The first-order valence-electron chi connectivity index (χ1n) is 6.60. The fraction of sp³-hybridized carbons (Fsp3) is 0.200. The number of aromatic nitrogens is 2. The quantitative estimate of drug-likeness (QED) is 0.803. The second-order valence-electron chi connectivity index (χ2n) is 4.78. The Labute approximate surface area is 130 Å². The number of nitrogens with one attached hydrogen (secondary N) is 1. The maximum Gasteiger partial charge on any atom is 0.267 e. The van der Waals surface area contributed by atoms with Crippen molar-refractivity contribution >= 4 is 33.1 Å². The summed E-state index contributed by atoms with van der Waals surface area (Å²) in [4.78, 5) is 12.9. The van der Waals surface area contributed by atoms with E-state index in [0.717, 1.165) is 4.70 Å². The highest BCUT2D eigenvalue weighted by Crippen LogP contribution is 2.34. The second-order valence-corrected chi connectivity index (χ2v) is 5.84. The third-order valence-corrected chi connectivity index (χ3v) is 4.41. The molecule has 0 fully saturated rings. The number of aryl methyl sites for hydroxylation is 1. The summed E-state index contributed by atoms with van der Waals surface area (Å²) in [7, 11) is 3.28. The third kappa shape index (κ3) is 2.60. The van der Waals surface area contributed by atoms with Crippen LogP contribution in [0.1, 0.15) is 15.2 Å². The maximum atomic E-state index is 14.1. The number of fused-ring (bicyclic) bond motifs is 1. The smallest absolute Gasteiger partial charge is 0.267 e. The molecule has 1 N–H and O–H groups in total. The van der Waals surface area contributed by atoms with E-state index in [2.05, 4.69) is 10.4 Å². The number of carbonyl (C=O) groups excluding carboxylic acids is 1. The molecule has 1 aromatic carbocycles. The summed E-state index contributed by atoms with van der Waals surface area (Å²) in [6.45, 7) is 0.173. The van der Waals surface area contributed by atoms with Gasteiger partial charge in [-0.3, -0.25) is 9.48 Å². The highest BCUT2D eigenvalue weighted by Gasteiger charge is 2.21. The predicted octanol–water partition coefficient (Wildman–Crippen LogP) is 3.17. The van der Waals surface area contributed by atoms with Gasteiger partial charge in [0.15, 0.2) is 5.82 Å². The zero-order valence-corrected chi connectivity index (χ0v) is 12.9. The molecule has 0 aliphatic heterocycles. The number of amides is 1. The Morgan fingerprint density at radius 2 is 2.27 bits per heavy atom. The number of anilines is 1. The van der Waals surface area contributed by atoms with Crippen LogP contribution >= 0.6 is 11.3 Å². The number of methoxy groups -OCH3 is 1. The molecular formula is C15H14FN3O2S. The number of rotatable bonds is 4. The molecule has 0 spiro atoms. The molecule has 0 saturated carbocycles. The molecule has 7 heteroatoms. The number of hydrogen-bond acceptors (Lipinski definition) is 4. The summed E-state index contributed by atoms with van der Waals surface area (Å²) in [5.41, 5.74) is 0.564. The average Bonchev–Trinajstić information content (AvgIpc) is 3.04. The van der Waals surface area contributed by atoms with Crippen molar-refractivity contribution in [1.29, 1.82) is 0 Å². The molecule has 0 aliphatic rings. The first-order valence-corrected chi connectivity index (χ1v) is 7.41. The topological polar surface area (TPSA) is 56.1 Å². The lowest BCUT2D eigenvalue weighted by Gasteiger charge is -2.04. The molecule has 0 bridgehead atoms. The maximum absolute atomic E-state index is 14.1. The van der Waals surface area contributed by atoms with Crippen molar-refractivity contribution in [2.75, 3.05) is 12.4 Å². The first-order chi connectivity index (χ1) is 10.6. The van der Waals surface area contributed by atoms with Gasteiger partial charge in [0.05, 0.1) is 11.5 Å². The molecule has 0 atom stereocenters. The Kier molecular flexibility index (Phi) is 3.91. The van der Waals surface area contributed by atoms with Gasteiger partial charge in [0.1, 0.15) is 5.82 Å². The fourth-order valence-electron chi connectivity index (χ4n) is 2.29. The van der Waals surface area contributed by atoms with Crippen molar-refractivity contribution in [3.8, 4) is 0 Å². The molecule has 0 saturated heterocycles. The van der Waals surface area contributed by atoms with Crippen LogP contribution in [0, 0.1) is 5.82 Å². The molecule has 3 aromatic rings. The number of carbonyl (C=O) groups is 1. The second kappa shape index (κ2) is 5.86. The average molecular weight is 319 g/mol. The van der Waals surface area contributed by atoms with Crippen LogP contribution in [-0.2, 0) is 18.4 Å². The number of thiophene rings is 1. The summed E-state index contributed by atoms with van der Waals surface area (Å²) in [5, 5.41) is 7.27. The van der Waals surface area contributed by atoms with Gasteiger partial charge in [0, 0.05) is 42.1 Å². The van der Waals surface area contributed by atoms with Crippen LogP contribution in [0.3, 0.4) is 0 Å². The fourth-order valence-corrected chi connectivity index (χ4v) is 3.40. The molecule has 3 rings (SSSR count). The molecule has 2 heterocycles. The SMILES string of the molecule is COCc1c(C(=O)Nc2ccn(C)n2)sc2cccc(F)c12. The van der Waals surface area contributed by atoms with Gasteiger partial charge in [-0.05, 0) is 12.1 Å². The van der Waals surface area contributed by atoms with Crippen molar-refractivity contribution in [1.82, 2.24) is 9.78 Å². The van der Waals surface area contributed by atoms with Gasteiger partial charge in [-0.1, -0.05) is 6.07 Å². The highest BCUT2D eigenvalue weighted by molar-refractivity contribution is 7.21. The number of benzene rings is 1. The Balaban J connectivity index is 2.03. The molecule has 114 valence electrons. The molecule has 0 aliphatic carbocycles. The minimum absolute atomic E-state index is 0.173. The van der Waals surface area contributed by atoms with Crippen molar-refractivity contribution in [3.63, 3.8) is 0 Å². The lowest BCUT2D eigenvalue weighted by molar-refractivity contribution is 0.102. The van der Waals surface area contributed by atoms with Gasteiger partial charge in [-0.25, -0.2) is 4.39 Å². The molecular weight excluding hydrogens is 305 g/mol. The predicted molar refractivity (Wildman–Crippen MR) is 83.7 cm³/mol. The van der Waals surface area contributed by atoms with Crippen LogP contribution in [0.5, 0.6) is 0 Å². The van der Waals surface area contributed by atoms with Crippen LogP contribution in [0.2, 0.25) is 0 Å². The van der Waals surface area contributed by atoms with Gasteiger partial charge < -0.3 is 10.1 Å². The Morgan fingerprint density at radius 1 is 1.45 bits per heavy atom. The van der Waals surface area contributed by atoms with Crippen LogP contribution in [0.4, 0.5) is 10.2 Å². The summed E-state index contributed by atoms with van der Waals surface area (Å²) >= 11 is 1.25. The van der Waals surface area contributed by atoms with E-state index < -0.39 is 0 Å². The molecule has 0 unspecified atom stereocenters. The summed E-state index contributed by atoms with van der Waals surface area (Å²) in [6, 6.07) is 6.50. The summed E-state index contributed by atoms with van der Waals surface area (Å²) in [6.07, 6.45) is 1.73. The van der Waals surface area contributed by atoms with Gasteiger partial charge in [-0.15, -0.1) is 11.3 Å². The Morgan fingerprint density at radius 3 is 2.95 bits per heavy atom. The Hall–Kier alpha value is -2.25. The highest BCUT2D eigenvalue weighted by atomic mass is 32.1. The van der Waals surface area contributed by atoms with Crippen LogP contribution in [0.25, 0.3) is 10.1 Å². The van der Waals surface area contributed by atoms with E-state index in [1.165, 1.54) is 24.5 Å². The molecule has 1 amide bonds. The molecule has 0 radical (unpaired) electrons. The third-order valence-electron chi connectivity index (χ3n) is 3.21. The van der Waals surface area contributed by atoms with Gasteiger partial charge in [-0.2, -0.15) is 5.10 Å². The zero-order chi connectivity index (χ0) is 15.7.